The topological polar surface area (TPSA) is 53.2 Å². The highest BCUT2D eigenvalue weighted by Crippen LogP contribution is 1.96. The van der Waals surface area contributed by atoms with Crippen molar-refractivity contribution in [2.75, 3.05) is 0 Å². The lowest BCUT2D eigenvalue weighted by atomic mass is 10.4. The molecule has 0 amide bonds. The van der Waals surface area contributed by atoms with Crippen LogP contribution in [0.3, 0.4) is 0 Å². The van der Waals surface area contributed by atoms with Gasteiger partial charge in [-0.2, -0.15) is 0 Å². The Morgan fingerprint density at radius 1 is 1.59 bits per heavy atom. The first-order valence-electron chi connectivity index (χ1n) is 5.10. The van der Waals surface area contributed by atoms with E-state index < -0.39 is 5.97 Å². The Hall–Kier alpha value is -1.69. The van der Waals surface area contributed by atoms with E-state index in [0.717, 1.165) is 0 Å². The number of ether oxygens (including phenoxy) is 1. The Morgan fingerprint density at radius 3 is 2.76 bits per heavy atom. The molecule has 0 aliphatic rings. The highest BCUT2D eigenvalue weighted by molar-refractivity contribution is 7.71. The Kier molecular flexibility index (Phi) is 4.39. The minimum absolute atomic E-state index is 0.190. The summed E-state index contributed by atoms with van der Waals surface area (Å²) in [4.78, 5) is 22.8. The number of carbonyl (C=O) groups excluding carboxylic acids is 1. The molecule has 0 spiro atoms. The van der Waals surface area contributed by atoms with Crippen molar-refractivity contribution >= 4 is 18.2 Å². The molecule has 5 nitrogen and oxygen atoms in total. The highest BCUT2D eigenvalue weighted by atomic mass is 32.1. The van der Waals surface area contributed by atoms with Crippen LogP contribution in [0.2, 0.25) is 0 Å². The number of esters is 1. The van der Waals surface area contributed by atoms with E-state index in [9.17, 15) is 9.59 Å². The summed E-state index contributed by atoms with van der Waals surface area (Å²) in [5.41, 5.74) is -0.0162. The van der Waals surface area contributed by atoms with E-state index in [-0.39, 0.29) is 17.9 Å². The van der Waals surface area contributed by atoms with E-state index in [4.69, 9.17) is 17.0 Å². The molecule has 0 fully saturated rings. The lowest BCUT2D eigenvalue weighted by molar-refractivity contribution is -0.142. The molecule has 6 heteroatoms. The summed E-state index contributed by atoms with van der Waals surface area (Å²) in [7, 11) is 0. The molecule has 0 aromatic carbocycles. The van der Waals surface area contributed by atoms with Crippen LogP contribution in [0.5, 0.6) is 0 Å². The molecule has 0 N–H and O–H groups in total. The van der Waals surface area contributed by atoms with Gasteiger partial charge in [-0.1, -0.05) is 6.58 Å². The van der Waals surface area contributed by atoms with Gasteiger partial charge >= 0.3 is 5.97 Å². The zero-order valence-corrected chi connectivity index (χ0v) is 10.6. The molecule has 1 aromatic rings. The number of aryl methyl sites for hydroxylation is 1. The van der Waals surface area contributed by atoms with Gasteiger partial charge < -0.3 is 9.30 Å². The normalized spacial score (nSPS) is 10.0. The molecule has 1 heterocycles. The van der Waals surface area contributed by atoms with Crippen molar-refractivity contribution in [3.05, 3.63) is 39.5 Å². The smallest absolute Gasteiger partial charge is 0.334 e. The zero-order valence-electron chi connectivity index (χ0n) is 9.80. The van der Waals surface area contributed by atoms with Crippen LogP contribution in [0, 0.1) is 4.77 Å². The summed E-state index contributed by atoms with van der Waals surface area (Å²) in [6.45, 7) is 7.35. The predicted octanol–water partition coefficient (Wildman–Crippen LogP) is 1.48. The van der Waals surface area contributed by atoms with Gasteiger partial charge in [0.1, 0.15) is 0 Å². The number of hydrogen-bond donors (Lipinski definition) is 0. The second-order valence-corrected chi connectivity index (χ2v) is 3.86. The van der Waals surface area contributed by atoms with E-state index in [1.54, 1.807) is 10.8 Å². The van der Waals surface area contributed by atoms with Gasteiger partial charge in [-0.15, -0.1) is 0 Å². The standard InChI is InChI=1S/C11H14N2O3S/c1-4-12-6-5-9(14)13(11(12)17)7-16-10(15)8(2)3/h5-6H,2,4,7H2,1,3H3. The predicted molar refractivity (Wildman–Crippen MR) is 66.1 cm³/mol. The molecule has 0 aliphatic heterocycles. The van der Waals surface area contributed by atoms with Crippen LogP contribution >= 0.6 is 12.2 Å². The molecular weight excluding hydrogens is 240 g/mol. The lowest BCUT2D eigenvalue weighted by Crippen LogP contribution is -2.26. The van der Waals surface area contributed by atoms with Gasteiger partial charge in [0.05, 0.1) is 0 Å². The van der Waals surface area contributed by atoms with Gasteiger partial charge in [-0.05, 0) is 26.1 Å². The van der Waals surface area contributed by atoms with Gasteiger partial charge in [0.2, 0.25) is 0 Å². The van der Waals surface area contributed by atoms with Crippen LogP contribution < -0.4 is 5.56 Å². The Bertz CT molecular complexity index is 557. The van der Waals surface area contributed by atoms with E-state index >= 15 is 0 Å². The van der Waals surface area contributed by atoms with Gasteiger partial charge in [0.25, 0.3) is 5.56 Å². The van der Waals surface area contributed by atoms with E-state index in [1.165, 1.54) is 17.6 Å². The van der Waals surface area contributed by atoms with Crippen LogP contribution in [0.25, 0.3) is 0 Å². The summed E-state index contributed by atoms with van der Waals surface area (Å²) >= 11 is 5.11. The third-order valence-corrected chi connectivity index (χ3v) is 2.61. The van der Waals surface area contributed by atoms with Gasteiger partial charge in [0, 0.05) is 24.4 Å². The van der Waals surface area contributed by atoms with Crippen molar-refractivity contribution in [2.45, 2.75) is 27.1 Å². The summed E-state index contributed by atoms with van der Waals surface area (Å²) in [5, 5.41) is 0. The molecule has 0 saturated carbocycles. The maximum Gasteiger partial charge on any atom is 0.334 e. The van der Waals surface area contributed by atoms with Gasteiger partial charge in [-0.3, -0.25) is 9.36 Å². The molecular formula is C11H14N2O3S. The number of rotatable bonds is 4. The van der Waals surface area contributed by atoms with Crippen molar-refractivity contribution in [1.29, 1.82) is 0 Å². The lowest BCUT2D eigenvalue weighted by Gasteiger charge is -2.10. The molecule has 92 valence electrons. The van der Waals surface area contributed by atoms with Crippen LogP contribution in [0.15, 0.2) is 29.2 Å². The molecule has 0 saturated heterocycles. The molecule has 0 unspecified atom stereocenters. The van der Waals surface area contributed by atoms with E-state index in [2.05, 4.69) is 6.58 Å². The van der Waals surface area contributed by atoms with Crippen LogP contribution in [0.4, 0.5) is 0 Å². The van der Waals surface area contributed by atoms with Crippen LogP contribution in [0.1, 0.15) is 13.8 Å². The fourth-order valence-corrected chi connectivity index (χ4v) is 1.50. The molecule has 17 heavy (non-hydrogen) atoms. The molecule has 0 bridgehead atoms. The van der Waals surface area contributed by atoms with Crippen LogP contribution in [-0.4, -0.2) is 15.1 Å². The maximum absolute atomic E-state index is 11.6. The van der Waals surface area contributed by atoms with Crippen molar-refractivity contribution in [2.24, 2.45) is 0 Å². The number of hydrogen-bond acceptors (Lipinski definition) is 4. The van der Waals surface area contributed by atoms with Gasteiger partial charge in [-0.25, -0.2) is 4.79 Å². The Balaban J connectivity index is 2.99. The quantitative estimate of drug-likeness (QED) is 0.464. The summed E-state index contributed by atoms with van der Waals surface area (Å²) in [5.74, 6) is -0.543. The summed E-state index contributed by atoms with van der Waals surface area (Å²) < 4.78 is 8.16. The number of aromatic nitrogens is 2. The first-order valence-corrected chi connectivity index (χ1v) is 5.51. The van der Waals surface area contributed by atoms with E-state index in [0.29, 0.717) is 11.3 Å². The van der Waals surface area contributed by atoms with Crippen molar-refractivity contribution in [3.8, 4) is 0 Å². The third kappa shape index (κ3) is 3.13. The van der Waals surface area contributed by atoms with Crippen molar-refractivity contribution in [3.63, 3.8) is 0 Å². The monoisotopic (exact) mass is 254 g/mol. The molecule has 0 radical (unpaired) electrons. The fraction of sp³-hybridized carbons (Fsp3) is 0.364. The SMILES string of the molecule is C=C(C)C(=O)OCn1c(=O)ccn(CC)c1=S. The molecule has 1 aromatic heterocycles. The number of nitrogens with zero attached hydrogens (tertiary/aromatic N) is 2. The first kappa shape index (κ1) is 13.4. The summed E-state index contributed by atoms with van der Waals surface area (Å²) in [6.07, 6.45) is 1.61. The van der Waals surface area contributed by atoms with E-state index in [1.807, 2.05) is 6.92 Å². The number of carbonyl (C=O) groups is 1. The van der Waals surface area contributed by atoms with Crippen molar-refractivity contribution < 1.29 is 9.53 Å². The second kappa shape index (κ2) is 5.58. The first-order chi connectivity index (χ1) is 7.97. The average molecular weight is 254 g/mol. The fourth-order valence-electron chi connectivity index (χ4n) is 1.16. The van der Waals surface area contributed by atoms with Gasteiger partial charge in [0.15, 0.2) is 11.5 Å². The van der Waals surface area contributed by atoms with Crippen molar-refractivity contribution in [1.82, 2.24) is 9.13 Å². The molecule has 0 aliphatic carbocycles. The Morgan fingerprint density at radius 2 is 2.24 bits per heavy atom. The van der Waals surface area contributed by atoms with Crippen LogP contribution in [-0.2, 0) is 22.8 Å². The minimum atomic E-state index is -0.543. The summed E-state index contributed by atoms with van der Waals surface area (Å²) in [6, 6.07) is 1.38. The minimum Gasteiger partial charge on any atom is -0.440 e. The second-order valence-electron chi connectivity index (χ2n) is 3.49. The zero-order chi connectivity index (χ0) is 13.0. The average Bonchev–Trinajstić information content (AvgIpc) is 2.28. The largest absolute Gasteiger partial charge is 0.440 e. The molecule has 1 rings (SSSR count). The maximum atomic E-state index is 11.6. The Labute approximate surface area is 104 Å². The highest BCUT2D eigenvalue weighted by Gasteiger charge is 2.06. The third-order valence-electron chi connectivity index (χ3n) is 2.15. The molecule has 0 atom stereocenters.